The number of rotatable bonds is 19. The van der Waals surface area contributed by atoms with Crippen molar-refractivity contribution in [1.29, 1.82) is 0 Å². The minimum absolute atomic E-state index is 0.0666. The molecular weight excluding hydrogens is 390 g/mol. The van der Waals surface area contributed by atoms with Crippen molar-refractivity contribution in [2.75, 3.05) is 19.0 Å². The Bertz CT molecular complexity index is 539. The van der Waals surface area contributed by atoms with Crippen LogP contribution >= 0.6 is 0 Å². The molecule has 0 aliphatic carbocycles. The molecule has 0 unspecified atom stereocenters. The van der Waals surface area contributed by atoms with Gasteiger partial charge in [-0.05, 0) is 56.8 Å². The highest BCUT2D eigenvalue weighted by Gasteiger charge is 2.33. The molecule has 174 valence electrons. The Balaban J connectivity index is 4.02. The van der Waals surface area contributed by atoms with Gasteiger partial charge in [0.05, 0.1) is 11.2 Å². The number of primary sulfonamides is 1. The van der Waals surface area contributed by atoms with Crippen molar-refractivity contribution in [3.05, 3.63) is 0 Å². The molecule has 0 rings (SSSR count). The highest BCUT2D eigenvalue weighted by Crippen LogP contribution is 2.37. The van der Waals surface area contributed by atoms with Gasteiger partial charge in [0.1, 0.15) is 0 Å². The van der Waals surface area contributed by atoms with Gasteiger partial charge in [-0.15, -0.1) is 0 Å². The highest BCUT2D eigenvalue weighted by atomic mass is 32.2. The zero-order valence-electron chi connectivity index (χ0n) is 19.2. The van der Waals surface area contributed by atoms with Crippen LogP contribution in [-0.4, -0.2) is 38.5 Å². The van der Waals surface area contributed by atoms with Crippen LogP contribution < -0.4 is 5.14 Å². The summed E-state index contributed by atoms with van der Waals surface area (Å²) < 4.78 is 28.1. The topological polar surface area (TPSA) is 107 Å². The van der Waals surface area contributed by atoms with E-state index in [4.69, 9.17) is 9.88 Å². The second-order valence-electron chi connectivity index (χ2n) is 8.50. The summed E-state index contributed by atoms with van der Waals surface area (Å²) in [6.45, 7) is 9.68. The third-order valence-electron chi connectivity index (χ3n) is 6.88. The molecular formula is C22H45NO5S. The quantitative estimate of drug-likeness (QED) is 0.274. The van der Waals surface area contributed by atoms with Gasteiger partial charge in [-0.1, -0.05) is 53.4 Å². The molecule has 0 bridgehead atoms. The molecule has 0 aliphatic rings. The molecule has 29 heavy (non-hydrogen) atoms. The lowest BCUT2D eigenvalue weighted by Gasteiger charge is -2.32. The van der Waals surface area contributed by atoms with Gasteiger partial charge in [0.15, 0.2) is 0 Å². The average Bonchev–Trinajstić information content (AvgIpc) is 2.67. The van der Waals surface area contributed by atoms with Crippen molar-refractivity contribution >= 4 is 16.0 Å². The largest absolute Gasteiger partial charge is 0.481 e. The monoisotopic (exact) mass is 435 g/mol. The lowest BCUT2D eigenvalue weighted by atomic mass is 9.74. The number of sulfonamides is 1. The average molecular weight is 436 g/mol. The van der Waals surface area contributed by atoms with Gasteiger partial charge < -0.3 is 9.84 Å². The Labute approximate surface area is 179 Å². The van der Waals surface area contributed by atoms with Crippen molar-refractivity contribution in [1.82, 2.24) is 0 Å². The molecule has 0 aromatic rings. The smallest absolute Gasteiger partial charge is 0.309 e. The molecule has 0 aromatic carbocycles. The maximum atomic E-state index is 11.5. The summed E-state index contributed by atoms with van der Waals surface area (Å²) in [7, 11) is -3.37. The fourth-order valence-corrected chi connectivity index (χ4v) is 4.76. The number of ether oxygens (including phenoxy) is 1. The maximum Gasteiger partial charge on any atom is 0.309 e. The molecule has 0 atom stereocenters. The lowest BCUT2D eigenvalue weighted by Crippen LogP contribution is -2.29. The molecule has 6 nitrogen and oxygen atoms in total. The SMILES string of the molecule is CCC(CC)(CCCCOCCCCC(CC)(CC)C(=O)O)CCCS(N)(=O)=O. The van der Waals surface area contributed by atoms with Crippen LogP contribution in [0.5, 0.6) is 0 Å². The first-order chi connectivity index (χ1) is 13.6. The van der Waals surface area contributed by atoms with Crippen LogP contribution in [-0.2, 0) is 19.6 Å². The van der Waals surface area contributed by atoms with Gasteiger partial charge in [0.2, 0.25) is 10.0 Å². The summed E-state index contributed by atoms with van der Waals surface area (Å²) in [5.74, 6) is -0.611. The predicted molar refractivity (Wildman–Crippen MR) is 119 cm³/mol. The molecule has 0 fully saturated rings. The molecule has 0 amide bonds. The number of carboxylic acids is 1. The zero-order valence-corrected chi connectivity index (χ0v) is 20.0. The van der Waals surface area contributed by atoms with E-state index in [1.165, 1.54) is 0 Å². The van der Waals surface area contributed by atoms with Crippen LogP contribution in [0.3, 0.4) is 0 Å². The molecule has 7 heteroatoms. The van der Waals surface area contributed by atoms with Crippen molar-refractivity contribution < 1.29 is 23.1 Å². The third-order valence-corrected chi connectivity index (χ3v) is 7.74. The van der Waals surface area contributed by atoms with Gasteiger partial charge in [0.25, 0.3) is 0 Å². The summed E-state index contributed by atoms with van der Waals surface area (Å²) in [6, 6.07) is 0. The van der Waals surface area contributed by atoms with E-state index in [1.807, 2.05) is 13.8 Å². The maximum absolute atomic E-state index is 11.5. The zero-order chi connectivity index (χ0) is 22.4. The molecule has 0 aliphatic heterocycles. The van der Waals surface area contributed by atoms with Crippen LogP contribution in [0.15, 0.2) is 0 Å². The number of carboxylic acid groups (broad SMARTS) is 1. The number of unbranched alkanes of at least 4 members (excludes halogenated alkanes) is 2. The normalized spacial score (nSPS) is 13.0. The number of nitrogens with two attached hydrogens (primary N) is 1. The Morgan fingerprint density at radius 2 is 1.31 bits per heavy atom. The van der Waals surface area contributed by atoms with E-state index >= 15 is 0 Å². The van der Waals surface area contributed by atoms with Crippen molar-refractivity contribution in [3.8, 4) is 0 Å². The molecule has 0 heterocycles. The lowest BCUT2D eigenvalue weighted by molar-refractivity contribution is -0.150. The van der Waals surface area contributed by atoms with E-state index in [2.05, 4.69) is 13.8 Å². The fraction of sp³-hybridized carbons (Fsp3) is 0.955. The fourth-order valence-electron chi connectivity index (χ4n) is 4.22. The number of hydrogen-bond acceptors (Lipinski definition) is 4. The third kappa shape index (κ3) is 11.3. The van der Waals surface area contributed by atoms with Gasteiger partial charge >= 0.3 is 5.97 Å². The van der Waals surface area contributed by atoms with Crippen LogP contribution in [0.1, 0.15) is 105 Å². The molecule has 0 aromatic heterocycles. The van der Waals surface area contributed by atoms with Crippen molar-refractivity contribution in [2.24, 2.45) is 16.0 Å². The van der Waals surface area contributed by atoms with E-state index in [-0.39, 0.29) is 11.2 Å². The Morgan fingerprint density at radius 3 is 1.72 bits per heavy atom. The van der Waals surface area contributed by atoms with E-state index in [9.17, 15) is 18.3 Å². The summed E-state index contributed by atoms with van der Waals surface area (Å²) in [5.41, 5.74) is -0.377. The molecule has 3 N–H and O–H groups in total. The van der Waals surface area contributed by atoms with Crippen molar-refractivity contribution in [2.45, 2.75) is 105 Å². The van der Waals surface area contributed by atoms with Gasteiger partial charge in [-0.2, -0.15) is 0 Å². The summed E-state index contributed by atoms with van der Waals surface area (Å²) in [5, 5.41) is 14.6. The first-order valence-corrected chi connectivity index (χ1v) is 13.1. The summed E-state index contributed by atoms with van der Waals surface area (Å²) >= 11 is 0. The Hall–Kier alpha value is -0.660. The van der Waals surface area contributed by atoms with Crippen molar-refractivity contribution in [3.63, 3.8) is 0 Å². The van der Waals surface area contributed by atoms with Crippen LogP contribution in [0.2, 0.25) is 0 Å². The van der Waals surface area contributed by atoms with Crippen LogP contribution in [0.25, 0.3) is 0 Å². The van der Waals surface area contributed by atoms with Crippen LogP contribution in [0, 0.1) is 10.8 Å². The van der Waals surface area contributed by atoms with E-state index in [1.54, 1.807) is 0 Å². The van der Waals surface area contributed by atoms with Gasteiger partial charge in [-0.25, -0.2) is 13.6 Å². The second-order valence-corrected chi connectivity index (χ2v) is 10.2. The standard InChI is InChI=1S/C22H45NO5S/c1-5-21(6-2,15-13-19-29(23,26)27)14-9-11-17-28-18-12-10-16-22(7-3,8-4)20(24)25/h5-19H2,1-4H3,(H,24,25)(H2,23,26,27). The minimum Gasteiger partial charge on any atom is -0.481 e. The highest BCUT2D eigenvalue weighted by molar-refractivity contribution is 7.89. The van der Waals surface area contributed by atoms with E-state index in [0.717, 1.165) is 58.0 Å². The van der Waals surface area contributed by atoms with Gasteiger partial charge in [0, 0.05) is 13.2 Å². The molecule has 0 radical (unpaired) electrons. The van der Waals surface area contributed by atoms with Gasteiger partial charge in [-0.3, -0.25) is 4.79 Å². The first kappa shape index (κ1) is 28.3. The van der Waals surface area contributed by atoms with Crippen LogP contribution in [0.4, 0.5) is 0 Å². The van der Waals surface area contributed by atoms with E-state index < -0.39 is 21.4 Å². The second kappa shape index (κ2) is 14.4. The number of aliphatic carboxylic acids is 1. The predicted octanol–water partition coefficient (Wildman–Crippen LogP) is 5.11. The first-order valence-electron chi connectivity index (χ1n) is 11.4. The Morgan fingerprint density at radius 1 is 0.828 bits per heavy atom. The summed E-state index contributed by atoms with van der Waals surface area (Å²) in [6.07, 6.45) is 10.6. The molecule has 0 saturated heterocycles. The molecule has 0 spiro atoms. The Kier molecular flexibility index (Phi) is 14.0. The number of hydrogen-bond donors (Lipinski definition) is 2. The van der Waals surface area contributed by atoms with E-state index in [0.29, 0.717) is 32.3 Å². The molecule has 0 saturated carbocycles. The minimum atomic E-state index is -3.37. The summed E-state index contributed by atoms with van der Waals surface area (Å²) in [4.78, 5) is 11.5. The number of carbonyl (C=O) groups is 1.